The Labute approximate surface area is 93.5 Å². The highest BCUT2D eigenvalue weighted by Crippen LogP contribution is 2.13. The van der Waals surface area contributed by atoms with Crippen molar-refractivity contribution in [2.75, 3.05) is 0 Å². The summed E-state index contributed by atoms with van der Waals surface area (Å²) in [5, 5.41) is 0. The van der Waals surface area contributed by atoms with E-state index < -0.39 is 0 Å². The number of rotatable bonds is 0. The molecule has 0 unspecified atom stereocenters. The first-order chi connectivity index (χ1) is 3.79. The Morgan fingerprint density at radius 3 is 1.69 bits per heavy atom. The predicted octanol–water partition coefficient (Wildman–Crippen LogP) is 3.77. The Morgan fingerprint density at radius 1 is 1.00 bits per heavy atom. The average Bonchev–Trinajstić information content (AvgIpc) is 1.64. The van der Waals surface area contributed by atoms with Crippen LogP contribution in [0, 0.1) is 0 Å². The first-order valence-corrected chi connectivity index (χ1v) is 3.47. The van der Waals surface area contributed by atoms with Gasteiger partial charge in [0.2, 0.25) is 0 Å². The Balaban J connectivity index is -0.0000000427. The first kappa shape index (κ1) is 29.2. The third kappa shape index (κ3) is 12.1. The largest absolute Gasteiger partial charge is 0.269 e. The van der Waals surface area contributed by atoms with Crippen LogP contribution in [0.4, 0.5) is 18.8 Å². The lowest BCUT2D eigenvalue weighted by Crippen LogP contribution is -1.62. The molecule has 0 fully saturated rings. The van der Waals surface area contributed by atoms with Crippen molar-refractivity contribution in [3.8, 4) is 0 Å². The van der Waals surface area contributed by atoms with Crippen molar-refractivity contribution in [1.29, 1.82) is 0 Å². The second-order valence-corrected chi connectivity index (χ2v) is 2.91. The minimum atomic E-state index is 0. The van der Waals surface area contributed by atoms with E-state index in [9.17, 15) is 0 Å². The highest BCUT2D eigenvalue weighted by Gasteiger charge is 1.83. The summed E-state index contributed by atoms with van der Waals surface area (Å²) in [4.78, 5) is 0.986. The van der Waals surface area contributed by atoms with Crippen LogP contribution in [0.5, 0.6) is 0 Å². The zero-order chi connectivity index (χ0) is 5.98. The van der Waals surface area contributed by atoms with Gasteiger partial charge in [0, 0.05) is 9.37 Å². The Kier molecular flexibility index (Phi) is 32.8. The molecule has 0 saturated carbocycles. The van der Waals surface area contributed by atoms with Gasteiger partial charge in [-0.05, 0) is 18.2 Å². The van der Waals surface area contributed by atoms with E-state index in [4.69, 9.17) is 0 Å². The smallest absolute Gasteiger partial charge is 0.0186 e. The van der Waals surface area contributed by atoms with Crippen molar-refractivity contribution in [2.24, 2.45) is 0 Å². The van der Waals surface area contributed by atoms with Gasteiger partial charge in [0.05, 0.1) is 0 Å². The van der Waals surface area contributed by atoms with Crippen LogP contribution >= 0.6 is 41.0 Å². The van der Waals surface area contributed by atoms with Crippen LogP contribution in [0.2, 0.25) is 0 Å². The summed E-state index contributed by atoms with van der Waals surface area (Å²) in [6, 6.07) is 7.81. The molecule has 0 aliphatic carbocycles. The van der Waals surface area contributed by atoms with Crippen molar-refractivity contribution in [1.82, 2.24) is 0 Å². The Morgan fingerprint density at radius 2 is 1.46 bits per heavy atom. The quantitative estimate of drug-likeness (QED) is 0.547. The third-order valence-electron chi connectivity index (χ3n) is 0.808. The van der Waals surface area contributed by atoms with Crippen molar-refractivity contribution in [3.63, 3.8) is 0 Å². The number of thiol groups is 1. The van der Waals surface area contributed by atoms with Gasteiger partial charge in [0.15, 0.2) is 0 Å². The third-order valence-corrected chi connectivity index (χ3v) is 1.58. The van der Waals surface area contributed by atoms with Gasteiger partial charge in [-0.1, -0.05) is 22.0 Å². The van der Waals surface area contributed by atoms with Gasteiger partial charge in [0.25, 0.3) is 0 Å². The van der Waals surface area contributed by atoms with Gasteiger partial charge in [0.1, 0.15) is 0 Å². The van der Waals surface area contributed by atoms with Crippen molar-refractivity contribution in [3.05, 3.63) is 28.7 Å². The van der Waals surface area contributed by atoms with Crippen LogP contribution in [0.15, 0.2) is 33.6 Å². The summed E-state index contributed by atoms with van der Waals surface area (Å²) >= 11 is 7.44. The topological polar surface area (TPSA) is 0 Å². The lowest BCUT2D eigenvalue weighted by molar-refractivity contribution is 1.11. The number of benzene rings is 1. The lowest BCUT2D eigenvalue weighted by atomic mass is 10.4. The van der Waals surface area contributed by atoms with Crippen LogP contribution < -0.4 is 0 Å². The highest BCUT2D eigenvalue weighted by atomic mass is 79.9. The summed E-state index contributed by atoms with van der Waals surface area (Å²) in [5.74, 6) is 0. The molecule has 0 aliphatic rings. The van der Waals surface area contributed by atoms with Gasteiger partial charge >= 0.3 is 0 Å². The summed E-state index contributed by atoms with van der Waals surface area (Å²) in [7, 11) is 0. The molecule has 0 nitrogen and oxygen atoms in total. The SMILES string of the molecule is Cl.F.F.F.F.Sc1cccc(Br)c1. The van der Waals surface area contributed by atoms with Crippen LogP contribution in [-0.4, -0.2) is 0 Å². The van der Waals surface area contributed by atoms with Crippen LogP contribution in [0.25, 0.3) is 0 Å². The molecule has 0 aromatic heterocycles. The fourth-order valence-corrected chi connectivity index (χ4v) is 1.28. The van der Waals surface area contributed by atoms with E-state index in [-0.39, 0.29) is 31.2 Å². The summed E-state index contributed by atoms with van der Waals surface area (Å²) < 4.78 is 1.07. The van der Waals surface area contributed by atoms with Crippen molar-refractivity contribution >= 4 is 41.0 Å². The zero-order valence-electron chi connectivity index (χ0n) is 6.18. The van der Waals surface area contributed by atoms with Gasteiger partial charge in [-0.3, -0.25) is 18.8 Å². The number of hydrogen-bond donors (Lipinski definition) is 1. The van der Waals surface area contributed by atoms with E-state index in [1.807, 2.05) is 24.3 Å². The molecule has 0 bridgehead atoms. The van der Waals surface area contributed by atoms with E-state index in [1.165, 1.54) is 0 Å². The normalized spacial score (nSPS) is 5.69. The molecule has 1 aromatic rings. The van der Waals surface area contributed by atoms with Crippen molar-refractivity contribution < 1.29 is 18.8 Å². The van der Waals surface area contributed by atoms with Gasteiger partial charge in [-0.25, -0.2) is 0 Å². The molecule has 0 heterocycles. The van der Waals surface area contributed by atoms with Crippen LogP contribution in [0.3, 0.4) is 0 Å². The van der Waals surface area contributed by atoms with Gasteiger partial charge < -0.3 is 0 Å². The average molecular weight is 306 g/mol. The zero-order valence-corrected chi connectivity index (χ0v) is 9.47. The summed E-state index contributed by atoms with van der Waals surface area (Å²) in [5.41, 5.74) is 0. The molecule has 0 aliphatic heterocycles. The Bertz CT molecular complexity index is 184. The van der Waals surface area contributed by atoms with E-state index in [2.05, 4.69) is 28.6 Å². The maximum absolute atomic E-state index is 4.12. The molecule has 0 N–H and O–H groups in total. The molecule has 0 amide bonds. The Hall–Kier alpha value is 0.0600. The van der Waals surface area contributed by atoms with Gasteiger partial charge in [-0.15, -0.1) is 25.0 Å². The molecule has 0 saturated heterocycles. The molecule has 0 atom stereocenters. The second-order valence-electron chi connectivity index (χ2n) is 1.48. The van der Waals surface area contributed by atoms with Gasteiger partial charge in [-0.2, -0.15) is 0 Å². The van der Waals surface area contributed by atoms with E-state index in [0.717, 1.165) is 9.37 Å². The fourth-order valence-electron chi connectivity index (χ4n) is 0.476. The number of halogens is 6. The second kappa shape index (κ2) is 14.6. The summed E-state index contributed by atoms with van der Waals surface area (Å²) in [6.07, 6.45) is 0. The van der Waals surface area contributed by atoms with Crippen molar-refractivity contribution in [2.45, 2.75) is 4.90 Å². The predicted molar refractivity (Wildman–Crippen MR) is 58.7 cm³/mol. The number of hydrogen-bond acceptors (Lipinski definition) is 1. The van der Waals surface area contributed by atoms with E-state index >= 15 is 0 Å². The summed E-state index contributed by atoms with van der Waals surface area (Å²) in [6.45, 7) is 0. The molecular formula is C6H10BrClF4S. The monoisotopic (exact) mass is 304 g/mol. The van der Waals surface area contributed by atoms with Crippen LogP contribution in [-0.2, 0) is 0 Å². The maximum atomic E-state index is 4.12. The molecule has 82 valence electrons. The molecule has 0 spiro atoms. The van der Waals surface area contributed by atoms with E-state index in [1.54, 1.807) is 0 Å². The molecule has 7 heteroatoms. The molecule has 1 rings (SSSR count). The minimum absolute atomic E-state index is 0. The highest BCUT2D eigenvalue weighted by molar-refractivity contribution is 9.10. The lowest BCUT2D eigenvalue weighted by Gasteiger charge is -1.88. The molecule has 0 radical (unpaired) electrons. The van der Waals surface area contributed by atoms with E-state index in [0.29, 0.717) is 0 Å². The minimum Gasteiger partial charge on any atom is -0.269 e. The maximum Gasteiger partial charge on any atom is 0.0186 e. The first-order valence-electron chi connectivity index (χ1n) is 2.23. The van der Waals surface area contributed by atoms with Crippen LogP contribution in [0.1, 0.15) is 0 Å². The molecular weight excluding hydrogens is 295 g/mol. The fraction of sp³-hybridized carbons (Fsp3) is 0. The molecule has 13 heavy (non-hydrogen) atoms. The molecule has 1 aromatic carbocycles. The standard InChI is InChI=1S/C6H5BrS.ClH.4FH/c7-5-2-1-3-6(8)4-5;;;;;/h1-4,8H;5*1H.